The fraction of sp³-hybridized carbons (Fsp3) is 0.952. The van der Waals surface area contributed by atoms with E-state index >= 15 is 0 Å². The van der Waals surface area contributed by atoms with Crippen molar-refractivity contribution in [2.75, 3.05) is 39.3 Å². The van der Waals surface area contributed by atoms with Gasteiger partial charge in [0.05, 0.1) is 23.8 Å². The maximum atomic E-state index is 13.9. The topological polar surface area (TPSA) is 65.6 Å². The molecule has 0 aromatic rings. The van der Waals surface area contributed by atoms with Gasteiger partial charge in [0.25, 0.3) is 0 Å². The molecular weight excluding hydrogens is 359 g/mol. The lowest BCUT2D eigenvalue weighted by Crippen LogP contribution is -2.56. The third-order valence-electron chi connectivity index (χ3n) is 7.87. The quantitative estimate of drug-likeness (QED) is 0.653. The second-order valence-electron chi connectivity index (χ2n) is 9.82. The van der Waals surface area contributed by atoms with Crippen molar-refractivity contribution in [3.8, 4) is 0 Å². The molecule has 7 atom stereocenters. The maximum Gasteiger partial charge on any atom is 0.225 e. The number of halogens is 1. The highest BCUT2D eigenvalue weighted by Gasteiger charge is 2.47. The molecular formula is C21H35FN4O2. The van der Waals surface area contributed by atoms with Gasteiger partial charge in [0.15, 0.2) is 0 Å². The lowest BCUT2D eigenvalue weighted by atomic mass is 9.84. The van der Waals surface area contributed by atoms with Gasteiger partial charge in [-0.15, -0.1) is 0 Å². The standard InChI is InChI=1S/C21H35FN4O2/c22-15-4-5-18-17(9-15)20(27)25-12-21(28-18)6-2-8-26(13-21)11-14-10-24-19-16(14)3-1-7-23-19/h14-19,23-24H,1-13H2,(H,25,27)/t14?,15?,16?,17?,18?,19?,21-/m0/s1. The van der Waals surface area contributed by atoms with E-state index in [1.54, 1.807) is 0 Å². The minimum Gasteiger partial charge on any atom is -0.368 e. The molecule has 5 rings (SSSR count). The summed E-state index contributed by atoms with van der Waals surface area (Å²) < 4.78 is 20.5. The van der Waals surface area contributed by atoms with E-state index in [2.05, 4.69) is 20.9 Å². The van der Waals surface area contributed by atoms with E-state index in [0.29, 0.717) is 37.9 Å². The Kier molecular flexibility index (Phi) is 5.37. The largest absolute Gasteiger partial charge is 0.368 e. The van der Waals surface area contributed by atoms with Gasteiger partial charge >= 0.3 is 0 Å². The number of fused-ring (bicyclic) bond motifs is 2. The van der Waals surface area contributed by atoms with Crippen molar-refractivity contribution in [2.45, 2.75) is 69.0 Å². The summed E-state index contributed by atoms with van der Waals surface area (Å²) >= 11 is 0. The van der Waals surface area contributed by atoms with Gasteiger partial charge in [0, 0.05) is 26.2 Å². The first-order valence-corrected chi connectivity index (χ1v) is 11.4. The molecule has 0 aromatic carbocycles. The number of likely N-dealkylation sites (tertiary alicyclic amines) is 1. The normalized spacial score (nSPS) is 47.2. The molecule has 0 radical (unpaired) electrons. The van der Waals surface area contributed by atoms with Crippen molar-refractivity contribution in [3.63, 3.8) is 0 Å². The van der Waals surface area contributed by atoms with Crippen LogP contribution >= 0.6 is 0 Å². The van der Waals surface area contributed by atoms with Crippen molar-refractivity contribution < 1.29 is 13.9 Å². The molecule has 5 fully saturated rings. The Morgan fingerprint density at radius 1 is 1.21 bits per heavy atom. The fourth-order valence-corrected chi connectivity index (χ4v) is 6.44. The second kappa shape index (κ2) is 7.82. The zero-order valence-electron chi connectivity index (χ0n) is 16.8. The summed E-state index contributed by atoms with van der Waals surface area (Å²) in [5.74, 6) is 1.10. The van der Waals surface area contributed by atoms with Gasteiger partial charge in [-0.3, -0.25) is 4.79 Å². The van der Waals surface area contributed by atoms with Crippen LogP contribution in [0.4, 0.5) is 4.39 Å². The van der Waals surface area contributed by atoms with Crippen LogP contribution in [0.5, 0.6) is 0 Å². The van der Waals surface area contributed by atoms with Crippen LogP contribution in [0.2, 0.25) is 0 Å². The fourth-order valence-electron chi connectivity index (χ4n) is 6.44. The second-order valence-corrected chi connectivity index (χ2v) is 9.82. The molecule has 4 heterocycles. The molecule has 0 aromatic heterocycles. The van der Waals surface area contributed by atoms with E-state index in [4.69, 9.17) is 4.74 Å². The van der Waals surface area contributed by atoms with E-state index in [1.807, 2.05) is 0 Å². The number of carbonyl (C=O) groups is 1. The van der Waals surface area contributed by atoms with E-state index < -0.39 is 6.17 Å². The molecule has 1 spiro atoms. The van der Waals surface area contributed by atoms with Gasteiger partial charge in [0.1, 0.15) is 6.17 Å². The number of rotatable bonds is 2. The third-order valence-corrected chi connectivity index (χ3v) is 7.87. The first kappa shape index (κ1) is 19.2. The highest BCUT2D eigenvalue weighted by Crippen LogP contribution is 2.38. The minimum atomic E-state index is -0.862. The Labute approximate surface area is 167 Å². The molecule has 4 aliphatic heterocycles. The van der Waals surface area contributed by atoms with E-state index in [1.165, 1.54) is 12.8 Å². The molecule has 6 nitrogen and oxygen atoms in total. The lowest BCUT2D eigenvalue weighted by Gasteiger charge is -2.45. The van der Waals surface area contributed by atoms with Crippen LogP contribution in [0.1, 0.15) is 44.9 Å². The lowest BCUT2D eigenvalue weighted by molar-refractivity contribution is -0.150. The van der Waals surface area contributed by atoms with Crippen molar-refractivity contribution in [3.05, 3.63) is 0 Å². The Morgan fingerprint density at radius 2 is 2.14 bits per heavy atom. The van der Waals surface area contributed by atoms with Crippen LogP contribution in [0.25, 0.3) is 0 Å². The Balaban J connectivity index is 1.25. The van der Waals surface area contributed by atoms with Gasteiger partial charge in [-0.1, -0.05) is 0 Å². The van der Waals surface area contributed by atoms with Crippen molar-refractivity contribution >= 4 is 5.91 Å². The summed E-state index contributed by atoms with van der Waals surface area (Å²) in [5, 5.41) is 10.4. The monoisotopic (exact) mass is 394 g/mol. The molecule has 1 aliphatic carbocycles. The molecule has 5 aliphatic rings. The Bertz CT molecular complexity index is 593. The number of carbonyl (C=O) groups excluding carboxylic acids is 1. The van der Waals surface area contributed by atoms with Crippen LogP contribution in [-0.2, 0) is 9.53 Å². The third kappa shape index (κ3) is 3.71. The SMILES string of the molecule is O=C1NC[C@]2(CCCN(CC3CNC4NCCCC34)C2)OC2CCC(F)CC12. The van der Waals surface area contributed by atoms with Crippen LogP contribution in [0, 0.1) is 17.8 Å². The Hall–Kier alpha value is -0.760. The summed E-state index contributed by atoms with van der Waals surface area (Å²) in [7, 11) is 0. The predicted octanol–water partition coefficient (Wildman–Crippen LogP) is 1.02. The number of ether oxygens (including phenoxy) is 1. The van der Waals surface area contributed by atoms with E-state index in [-0.39, 0.29) is 23.5 Å². The highest BCUT2D eigenvalue weighted by molar-refractivity contribution is 5.79. The molecule has 4 saturated heterocycles. The molecule has 1 amide bonds. The number of alkyl halides is 1. The summed E-state index contributed by atoms with van der Waals surface area (Å²) in [6.07, 6.45) is 5.71. The van der Waals surface area contributed by atoms with Crippen molar-refractivity contribution in [1.82, 2.24) is 20.9 Å². The number of piperidine rings is 2. The van der Waals surface area contributed by atoms with E-state index in [0.717, 1.165) is 51.5 Å². The van der Waals surface area contributed by atoms with Crippen LogP contribution < -0.4 is 16.0 Å². The Morgan fingerprint density at radius 3 is 3.07 bits per heavy atom. The van der Waals surface area contributed by atoms with E-state index in [9.17, 15) is 9.18 Å². The van der Waals surface area contributed by atoms with Gasteiger partial charge in [-0.2, -0.15) is 0 Å². The predicted molar refractivity (Wildman–Crippen MR) is 105 cm³/mol. The molecule has 28 heavy (non-hydrogen) atoms. The molecule has 3 N–H and O–H groups in total. The number of nitrogens with one attached hydrogen (secondary N) is 3. The summed E-state index contributed by atoms with van der Waals surface area (Å²) in [6.45, 7) is 5.89. The summed E-state index contributed by atoms with van der Waals surface area (Å²) in [4.78, 5) is 15.1. The first-order chi connectivity index (χ1) is 13.6. The maximum absolute atomic E-state index is 13.9. The number of hydrogen-bond acceptors (Lipinski definition) is 5. The minimum absolute atomic E-state index is 0.00235. The number of amides is 1. The molecule has 0 bridgehead atoms. The number of nitrogens with zero attached hydrogens (tertiary/aromatic N) is 1. The van der Waals surface area contributed by atoms with Gasteiger partial charge < -0.3 is 25.6 Å². The van der Waals surface area contributed by atoms with Crippen molar-refractivity contribution in [2.24, 2.45) is 17.8 Å². The summed E-state index contributed by atoms with van der Waals surface area (Å²) in [5.41, 5.74) is -0.299. The van der Waals surface area contributed by atoms with Crippen molar-refractivity contribution in [1.29, 1.82) is 0 Å². The first-order valence-electron chi connectivity index (χ1n) is 11.4. The molecule has 6 unspecified atom stereocenters. The average molecular weight is 395 g/mol. The highest BCUT2D eigenvalue weighted by atomic mass is 19.1. The molecule has 1 saturated carbocycles. The van der Waals surface area contributed by atoms with Crippen LogP contribution in [-0.4, -0.2) is 74.1 Å². The zero-order valence-corrected chi connectivity index (χ0v) is 16.8. The molecule has 158 valence electrons. The molecule has 7 heteroatoms. The number of hydrogen-bond donors (Lipinski definition) is 3. The zero-order chi connectivity index (χ0) is 19.1. The van der Waals surface area contributed by atoms with Gasteiger partial charge in [0.2, 0.25) is 5.91 Å². The van der Waals surface area contributed by atoms with Crippen LogP contribution in [0.15, 0.2) is 0 Å². The average Bonchev–Trinajstić information content (AvgIpc) is 3.05. The van der Waals surface area contributed by atoms with Gasteiger partial charge in [-0.05, 0) is 69.9 Å². The van der Waals surface area contributed by atoms with Crippen LogP contribution in [0.3, 0.4) is 0 Å². The summed E-state index contributed by atoms with van der Waals surface area (Å²) in [6, 6.07) is 0. The smallest absolute Gasteiger partial charge is 0.225 e. The van der Waals surface area contributed by atoms with Gasteiger partial charge in [-0.25, -0.2) is 4.39 Å².